The van der Waals surface area contributed by atoms with Gasteiger partial charge < -0.3 is 4.74 Å². The molecule has 0 aliphatic carbocycles. The van der Waals surface area contributed by atoms with Crippen LogP contribution in [0.25, 0.3) is 5.69 Å². The third kappa shape index (κ3) is 2.05. The van der Waals surface area contributed by atoms with Crippen molar-refractivity contribution in [1.29, 1.82) is 0 Å². The van der Waals surface area contributed by atoms with E-state index in [2.05, 4.69) is 17.1 Å². The van der Waals surface area contributed by atoms with Crippen molar-refractivity contribution in [2.45, 2.75) is 20.3 Å². The maximum absolute atomic E-state index is 5.39. The van der Waals surface area contributed by atoms with Crippen molar-refractivity contribution in [1.82, 2.24) is 14.8 Å². The molecule has 1 aromatic carbocycles. The second-order valence-electron chi connectivity index (χ2n) is 3.40. The van der Waals surface area contributed by atoms with E-state index >= 15 is 0 Å². The quantitative estimate of drug-likeness (QED) is 0.788. The van der Waals surface area contributed by atoms with E-state index in [0.717, 1.165) is 23.7 Å². The molecule has 0 saturated heterocycles. The number of rotatable bonds is 4. The van der Waals surface area contributed by atoms with Crippen molar-refractivity contribution >= 4 is 0 Å². The number of hydrogen-bond acceptors (Lipinski definition) is 3. The Balaban J connectivity index is 2.27. The van der Waals surface area contributed by atoms with E-state index in [4.69, 9.17) is 4.74 Å². The zero-order valence-electron chi connectivity index (χ0n) is 9.55. The van der Waals surface area contributed by atoms with E-state index in [1.165, 1.54) is 0 Å². The lowest BCUT2D eigenvalue weighted by Crippen LogP contribution is -1.99. The van der Waals surface area contributed by atoms with E-state index < -0.39 is 0 Å². The first kappa shape index (κ1) is 10.7. The maximum Gasteiger partial charge on any atom is 0.137 e. The lowest BCUT2D eigenvalue weighted by Gasteiger charge is -2.07. The Labute approximate surface area is 94.9 Å². The summed E-state index contributed by atoms with van der Waals surface area (Å²) in [6.45, 7) is 4.73. The van der Waals surface area contributed by atoms with Crippen LogP contribution in [-0.2, 0) is 6.42 Å². The van der Waals surface area contributed by atoms with Crippen LogP contribution < -0.4 is 4.74 Å². The molecule has 0 bridgehead atoms. The van der Waals surface area contributed by atoms with Crippen LogP contribution in [0.5, 0.6) is 5.75 Å². The number of aryl methyl sites for hydroxylation is 1. The summed E-state index contributed by atoms with van der Waals surface area (Å²) in [6.07, 6.45) is 2.60. The van der Waals surface area contributed by atoms with Crippen molar-refractivity contribution in [3.05, 3.63) is 36.4 Å². The third-order valence-electron chi connectivity index (χ3n) is 2.36. The molecule has 4 heteroatoms. The Morgan fingerprint density at radius 2 is 1.94 bits per heavy atom. The molecule has 0 spiro atoms. The van der Waals surface area contributed by atoms with Crippen LogP contribution in [0.15, 0.2) is 30.6 Å². The lowest BCUT2D eigenvalue weighted by atomic mass is 10.3. The molecule has 0 atom stereocenters. The molecule has 1 heterocycles. The fraction of sp³-hybridized carbons (Fsp3) is 0.333. The second-order valence-corrected chi connectivity index (χ2v) is 3.40. The molecule has 84 valence electrons. The second kappa shape index (κ2) is 4.79. The minimum atomic E-state index is 0.687. The summed E-state index contributed by atoms with van der Waals surface area (Å²) in [7, 11) is 0. The largest absolute Gasteiger partial charge is 0.494 e. The highest BCUT2D eigenvalue weighted by Gasteiger charge is 2.03. The van der Waals surface area contributed by atoms with Crippen LogP contribution in [0.4, 0.5) is 0 Å². The van der Waals surface area contributed by atoms with Gasteiger partial charge in [-0.1, -0.05) is 6.92 Å². The first-order chi connectivity index (χ1) is 7.85. The SMILES string of the molecule is CCOc1ccc(-n2cnnc2CC)cc1. The van der Waals surface area contributed by atoms with E-state index in [0.29, 0.717) is 6.61 Å². The van der Waals surface area contributed by atoms with E-state index in [9.17, 15) is 0 Å². The molecule has 1 aromatic heterocycles. The molecule has 0 N–H and O–H groups in total. The van der Waals surface area contributed by atoms with Crippen molar-refractivity contribution in [2.24, 2.45) is 0 Å². The number of benzene rings is 1. The van der Waals surface area contributed by atoms with Gasteiger partial charge in [0.25, 0.3) is 0 Å². The molecule has 0 aliphatic rings. The zero-order chi connectivity index (χ0) is 11.4. The minimum absolute atomic E-state index is 0.687. The summed E-state index contributed by atoms with van der Waals surface area (Å²) in [5.74, 6) is 1.85. The predicted octanol–water partition coefficient (Wildman–Crippen LogP) is 2.23. The van der Waals surface area contributed by atoms with Gasteiger partial charge in [-0.15, -0.1) is 10.2 Å². The molecule has 0 unspecified atom stereocenters. The van der Waals surface area contributed by atoms with Crippen molar-refractivity contribution < 1.29 is 4.74 Å². The van der Waals surface area contributed by atoms with Gasteiger partial charge in [-0.25, -0.2) is 0 Å². The van der Waals surface area contributed by atoms with Gasteiger partial charge in [-0.05, 0) is 31.2 Å². The van der Waals surface area contributed by atoms with Gasteiger partial charge in [-0.3, -0.25) is 4.57 Å². The fourth-order valence-electron chi connectivity index (χ4n) is 1.59. The van der Waals surface area contributed by atoms with Crippen LogP contribution in [0.3, 0.4) is 0 Å². The van der Waals surface area contributed by atoms with Gasteiger partial charge in [0.15, 0.2) is 0 Å². The number of nitrogens with zero attached hydrogens (tertiary/aromatic N) is 3. The average Bonchev–Trinajstić information content (AvgIpc) is 2.78. The zero-order valence-corrected chi connectivity index (χ0v) is 9.55. The minimum Gasteiger partial charge on any atom is -0.494 e. The van der Waals surface area contributed by atoms with E-state index in [1.807, 2.05) is 35.8 Å². The average molecular weight is 217 g/mol. The lowest BCUT2D eigenvalue weighted by molar-refractivity contribution is 0.340. The number of ether oxygens (including phenoxy) is 1. The molecule has 16 heavy (non-hydrogen) atoms. The monoisotopic (exact) mass is 217 g/mol. The van der Waals surface area contributed by atoms with Gasteiger partial charge in [0.2, 0.25) is 0 Å². The number of aromatic nitrogens is 3. The highest BCUT2D eigenvalue weighted by Crippen LogP contribution is 2.16. The van der Waals surface area contributed by atoms with Gasteiger partial charge >= 0.3 is 0 Å². The number of hydrogen-bond donors (Lipinski definition) is 0. The summed E-state index contributed by atoms with van der Waals surface area (Å²) >= 11 is 0. The standard InChI is InChI=1S/C12H15N3O/c1-3-12-14-13-9-15(12)10-5-7-11(8-6-10)16-4-2/h5-9H,3-4H2,1-2H3. The topological polar surface area (TPSA) is 39.9 Å². The highest BCUT2D eigenvalue weighted by atomic mass is 16.5. The molecule has 0 amide bonds. The Hall–Kier alpha value is -1.84. The smallest absolute Gasteiger partial charge is 0.137 e. The molecule has 2 rings (SSSR count). The molecule has 0 fully saturated rings. The third-order valence-corrected chi connectivity index (χ3v) is 2.36. The molecule has 0 aliphatic heterocycles. The van der Waals surface area contributed by atoms with Crippen molar-refractivity contribution in [2.75, 3.05) is 6.61 Å². The van der Waals surface area contributed by atoms with Gasteiger partial charge in [0.05, 0.1) is 6.61 Å². The molecule has 4 nitrogen and oxygen atoms in total. The summed E-state index contributed by atoms with van der Waals surface area (Å²) in [6, 6.07) is 7.93. The maximum atomic E-state index is 5.39. The van der Waals surface area contributed by atoms with Crippen LogP contribution in [0, 0.1) is 0 Å². The van der Waals surface area contributed by atoms with Gasteiger partial charge in [0.1, 0.15) is 17.9 Å². The predicted molar refractivity (Wildman–Crippen MR) is 61.9 cm³/mol. The Morgan fingerprint density at radius 1 is 1.19 bits per heavy atom. The van der Waals surface area contributed by atoms with Crippen LogP contribution in [-0.4, -0.2) is 21.4 Å². The first-order valence-corrected chi connectivity index (χ1v) is 5.47. The summed E-state index contributed by atoms with van der Waals surface area (Å²) in [5.41, 5.74) is 1.06. The highest BCUT2D eigenvalue weighted by molar-refractivity contribution is 5.37. The molecular weight excluding hydrogens is 202 g/mol. The van der Waals surface area contributed by atoms with Crippen LogP contribution >= 0.6 is 0 Å². The fourth-order valence-corrected chi connectivity index (χ4v) is 1.59. The summed E-state index contributed by atoms with van der Waals surface area (Å²) in [5, 5.41) is 7.96. The van der Waals surface area contributed by atoms with Crippen molar-refractivity contribution in [3.8, 4) is 11.4 Å². The van der Waals surface area contributed by atoms with Crippen molar-refractivity contribution in [3.63, 3.8) is 0 Å². The Morgan fingerprint density at radius 3 is 2.56 bits per heavy atom. The normalized spacial score (nSPS) is 10.4. The molecule has 0 saturated carbocycles. The van der Waals surface area contributed by atoms with Crippen LogP contribution in [0.2, 0.25) is 0 Å². The van der Waals surface area contributed by atoms with Gasteiger partial charge in [0, 0.05) is 12.1 Å². The summed E-state index contributed by atoms with van der Waals surface area (Å²) < 4.78 is 7.38. The molecular formula is C12H15N3O. The van der Waals surface area contributed by atoms with E-state index in [1.54, 1.807) is 6.33 Å². The van der Waals surface area contributed by atoms with Crippen LogP contribution in [0.1, 0.15) is 19.7 Å². The molecule has 0 radical (unpaired) electrons. The first-order valence-electron chi connectivity index (χ1n) is 5.47. The van der Waals surface area contributed by atoms with E-state index in [-0.39, 0.29) is 0 Å². The van der Waals surface area contributed by atoms with Gasteiger partial charge in [-0.2, -0.15) is 0 Å². The summed E-state index contributed by atoms with van der Waals surface area (Å²) in [4.78, 5) is 0. The molecule has 2 aromatic rings. The Kier molecular flexibility index (Phi) is 3.19. The Bertz CT molecular complexity index is 448.